The van der Waals surface area contributed by atoms with Gasteiger partial charge in [0.05, 0.1) is 22.6 Å². The number of benzene rings is 1. The Morgan fingerprint density at radius 1 is 1.26 bits per heavy atom. The van der Waals surface area contributed by atoms with Gasteiger partial charge in [0.25, 0.3) is 0 Å². The van der Waals surface area contributed by atoms with Gasteiger partial charge in [-0.05, 0) is 36.6 Å². The van der Waals surface area contributed by atoms with Crippen LogP contribution in [0.4, 0.5) is 11.6 Å². The number of pyridine rings is 1. The van der Waals surface area contributed by atoms with Crippen LogP contribution in [0.15, 0.2) is 42.9 Å². The molecule has 0 spiro atoms. The number of terminal acetylenes is 1. The van der Waals surface area contributed by atoms with Crippen LogP contribution in [0.3, 0.4) is 0 Å². The van der Waals surface area contributed by atoms with Crippen molar-refractivity contribution in [3.63, 3.8) is 0 Å². The van der Waals surface area contributed by atoms with Crippen LogP contribution in [0.5, 0.6) is 5.75 Å². The minimum Gasteiger partial charge on any atom is -0.491 e. The van der Waals surface area contributed by atoms with E-state index in [1.807, 2.05) is 35.0 Å². The summed E-state index contributed by atoms with van der Waals surface area (Å²) in [5.74, 6) is 4.53. The highest BCUT2D eigenvalue weighted by atomic mass is 16.6. The molecule has 156 valence electrons. The van der Waals surface area contributed by atoms with Crippen molar-refractivity contribution in [2.24, 2.45) is 5.92 Å². The topological polar surface area (TPSA) is 114 Å². The predicted octanol–water partition coefficient (Wildman–Crippen LogP) is 3.13. The summed E-state index contributed by atoms with van der Waals surface area (Å²) in [6.45, 7) is 2.57. The zero-order valence-corrected chi connectivity index (χ0v) is 17.0. The van der Waals surface area contributed by atoms with E-state index in [1.54, 1.807) is 6.07 Å². The van der Waals surface area contributed by atoms with Crippen LogP contribution in [0.25, 0.3) is 21.9 Å². The van der Waals surface area contributed by atoms with E-state index in [4.69, 9.17) is 27.4 Å². The largest absolute Gasteiger partial charge is 0.491 e. The molecule has 8 heteroatoms. The van der Waals surface area contributed by atoms with Crippen molar-refractivity contribution in [1.82, 2.24) is 19.5 Å². The Bertz CT molecular complexity index is 1330. The van der Waals surface area contributed by atoms with E-state index in [0.29, 0.717) is 34.8 Å². The minimum absolute atomic E-state index is 0.0829. The molecule has 0 radical (unpaired) electrons. The molecular formula is C23H22N6O2. The smallest absolute Gasteiger partial charge is 0.148 e. The van der Waals surface area contributed by atoms with Crippen molar-refractivity contribution in [1.29, 1.82) is 0 Å². The second-order valence-corrected chi connectivity index (χ2v) is 7.80. The molecule has 4 aromatic rings. The summed E-state index contributed by atoms with van der Waals surface area (Å²) >= 11 is 0. The van der Waals surface area contributed by atoms with Gasteiger partial charge < -0.3 is 25.5 Å². The van der Waals surface area contributed by atoms with Gasteiger partial charge in [-0.15, -0.1) is 6.42 Å². The van der Waals surface area contributed by atoms with E-state index < -0.39 is 0 Å². The van der Waals surface area contributed by atoms with Gasteiger partial charge in [-0.25, -0.2) is 15.0 Å². The van der Waals surface area contributed by atoms with Crippen molar-refractivity contribution >= 4 is 33.6 Å². The van der Waals surface area contributed by atoms with E-state index in [-0.39, 0.29) is 18.2 Å². The van der Waals surface area contributed by atoms with Crippen LogP contribution >= 0.6 is 0 Å². The molecule has 1 aromatic carbocycles. The normalized spacial score (nSPS) is 20.8. The van der Waals surface area contributed by atoms with Crippen molar-refractivity contribution in [3.05, 3.63) is 48.4 Å². The van der Waals surface area contributed by atoms with Gasteiger partial charge in [0.15, 0.2) is 0 Å². The highest BCUT2D eigenvalue weighted by Crippen LogP contribution is 2.37. The van der Waals surface area contributed by atoms with Crippen LogP contribution in [0, 0.1) is 18.3 Å². The lowest BCUT2D eigenvalue weighted by molar-refractivity contribution is -0.0224. The fourth-order valence-electron chi connectivity index (χ4n) is 4.06. The van der Waals surface area contributed by atoms with Crippen LogP contribution in [-0.2, 0) is 4.74 Å². The number of hydrogen-bond acceptors (Lipinski definition) is 7. The van der Waals surface area contributed by atoms with Crippen LogP contribution in [0.2, 0.25) is 0 Å². The summed E-state index contributed by atoms with van der Waals surface area (Å²) in [5, 5.41) is 1.70. The summed E-state index contributed by atoms with van der Waals surface area (Å²) in [6, 6.07) is 9.51. The minimum atomic E-state index is -0.208. The number of ether oxygens (including phenoxy) is 2. The molecule has 4 N–H and O–H groups in total. The Morgan fingerprint density at radius 2 is 2.10 bits per heavy atom. The summed E-state index contributed by atoms with van der Waals surface area (Å²) in [6.07, 6.45) is 9.48. The molecule has 3 atom stereocenters. The Kier molecular flexibility index (Phi) is 4.60. The zero-order valence-electron chi connectivity index (χ0n) is 17.0. The predicted molar refractivity (Wildman–Crippen MR) is 119 cm³/mol. The van der Waals surface area contributed by atoms with Crippen LogP contribution in [0.1, 0.15) is 25.1 Å². The van der Waals surface area contributed by atoms with Gasteiger partial charge in [-0.2, -0.15) is 0 Å². The molecule has 0 saturated carbocycles. The number of fused-ring (bicyclic) bond motifs is 2. The standard InChI is InChI=1S/C23H22N6O2/c1-3-14-10-29(23-21(14)22(25)26-12-27-23)20-8-13(2)18(31-20)11-30-16-6-4-15-5-7-19(24)28-17(15)9-16/h1,4-7,9-10,12-13,18,20H,8,11H2,2H3,(H2,24,28)(H2,25,26,27). The van der Waals surface area contributed by atoms with Crippen molar-refractivity contribution in [2.75, 3.05) is 18.1 Å². The first-order valence-corrected chi connectivity index (χ1v) is 10.1. The second-order valence-electron chi connectivity index (χ2n) is 7.80. The fraction of sp³-hybridized carbons (Fsp3) is 0.261. The van der Waals surface area contributed by atoms with Gasteiger partial charge in [-0.3, -0.25) is 0 Å². The molecule has 0 aliphatic carbocycles. The summed E-state index contributed by atoms with van der Waals surface area (Å²) in [7, 11) is 0. The molecule has 3 aromatic heterocycles. The van der Waals surface area contributed by atoms with Crippen molar-refractivity contribution < 1.29 is 9.47 Å². The van der Waals surface area contributed by atoms with Gasteiger partial charge in [-0.1, -0.05) is 12.8 Å². The molecule has 0 amide bonds. The van der Waals surface area contributed by atoms with Crippen LogP contribution < -0.4 is 16.2 Å². The molecule has 1 saturated heterocycles. The number of aromatic nitrogens is 4. The number of nitrogens with two attached hydrogens (primary N) is 2. The molecule has 3 unspecified atom stereocenters. The number of nitrogens with zero attached hydrogens (tertiary/aromatic N) is 4. The molecule has 8 nitrogen and oxygen atoms in total. The first kappa shape index (κ1) is 19.2. The lowest BCUT2D eigenvalue weighted by Crippen LogP contribution is -2.23. The second kappa shape index (κ2) is 7.45. The summed E-state index contributed by atoms with van der Waals surface area (Å²) in [5.41, 5.74) is 14.0. The molecule has 0 bridgehead atoms. The zero-order chi connectivity index (χ0) is 21.5. The Labute approximate surface area is 179 Å². The first-order chi connectivity index (χ1) is 15.0. The van der Waals surface area contributed by atoms with Crippen LogP contribution in [-0.4, -0.2) is 32.2 Å². The highest BCUT2D eigenvalue weighted by molar-refractivity contribution is 5.92. The molecule has 5 rings (SSSR count). The first-order valence-electron chi connectivity index (χ1n) is 10.1. The monoisotopic (exact) mass is 414 g/mol. The lowest BCUT2D eigenvalue weighted by atomic mass is 10.0. The Hall–Kier alpha value is -3.83. The number of anilines is 2. The number of hydrogen-bond donors (Lipinski definition) is 2. The van der Waals surface area contributed by atoms with Gasteiger partial charge >= 0.3 is 0 Å². The van der Waals surface area contributed by atoms with E-state index >= 15 is 0 Å². The third-order valence-corrected chi connectivity index (χ3v) is 5.74. The van der Waals surface area contributed by atoms with Gasteiger partial charge in [0.1, 0.15) is 42.2 Å². The molecule has 1 fully saturated rings. The maximum absolute atomic E-state index is 6.33. The summed E-state index contributed by atoms with van der Waals surface area (Å²) in [4.78, 5) is 12.8. The number of nitrogen functional groups attached to an aromatic ring is 2. The Balaban J connectivity index is 1.34. The average molecular weight is 414 g/mol. The molecule has 1 aliphatic heterocycles. The third kappa shape index (κ3) is 3.39. The number of rotatable bonds is 4. The lowest BCUT2D eigenvalue weighted by Gasteiger charge is -2.17. The highest BCUT2D eigenvalue weighted by Gasteiger charge is 2.35. The summed E-state index contributed by atoms with van der Waals surface area (Å²) < 4.78 is 14.3. The third-order valence-electron chi connectivity index (χ3n) is 5.74. The van der Waals surface area contributed by atoms with Crippen molar-refractivity contribution in [3.8, 4) is 18.1 Å². The van der Waals surface area contributed by atoms with E-state index in [9.17, 15) is 0 Å². The fourth-order valence-corrected chi connectivity index (χ4v) is 4.06. The quantitative estimate of drug-likeness (QED) is 0.493. The van der Waals surface area contributed by atoms with Gasteiger partial charge in [0.2, 0.25) is 0 Å². The van der Waals surface area contributed by atoms with Crippen molar-refractivity contribution in [2.45, 2.75) is 25.7 Å². The van der Waals surface area contributed by atoms with E-state index in [0.717, 1.165) is 23.1 Å². The maximum atomic E-state index is 6.33. The Morgan fingerprint density at radius 3 is 2.94 bits per heavy atom. The average Bonchev–Trinajstić information content (AvgIpc) is 3.32. The SMILES string of the molecule is C#Cc1cn(C2CC(C)C(COc3ccc4ccc(N)nc4c3)O2)c2ncnc(N)c12. The maximum Gasteiger partial charge on any atom is 0.148 e. The molecule has 31 heavy (non-hydrogen) atoms. The van der Waals surface area contributed by atoms with E-state index in [1.165, 1.54) is 6.33 Å². The molecular weight excluding hydrogens is 392 g/mol. The van der Waals surface area contributed by atoms with Gasteiger partial charge in [0, 0.05) is 17.6 Å². The molecule has 4 heterocycles. The molecule has 1 aliphatic rings. The van der Waals surface area contributed by atoms with E-state index in [2.05, 4.69) is 27.8 Å².